The molecule has 47 valence electrons. The van der Waals surface area contributed by atoms with Gasteiger partial charge in [-0.05, 0) is 6.42 Å². The molecule has 5 heteroatoms. The minimum Gasteiger partial charge on any atom is -0.370 e. The molecule has 0 aromatic rings. The van der Waals surface area contributed by atoms with Crippen molar-refractivity contribution in [1.29, 1.82) is 0 Å². The number of guanidine groups is 1. The highest BCUT2D eigenvalue weighted by Crippen LogP contribution is 1.85. The zero-order chi connectivity index (χ0) is 7.11. The van der Waals surface area contributed by atoms with Crippen molar-refractivity contribution in [3.8, 4) is 0 Å². The Hall–Kier alpha value is -0.600. The minimum absolute atomic E-state index is 0.145. The summed E-state index contributed by atoms with van der Waals surface area (Å²) < 4.78 is 0. The molecule has 0 amide bonds. The summed E-state index contributed by atoms with van der Waals surface area (Å²) in [5.74, 6) is 0.145. The quantitative estimate of drug-likeness (QED) is 0.214. The van der Waals surface area contributed by atoms with Crippen LogP contribution in [0.2, 0.25) is 6.32 Å². The molecule has 0 heterocycles. The third kappa shape index (κ3) is 7.40. The van der Waals surface area contributed by atoms with E-state index in [4.69, 9.17) is 19.2 Å². The predicted molar refractivity (Wildman–Crippen MR) is 41.6 cm³/mol. The first-order chi connectivity index (χ1) is 4.27. The molecule has 0 aliphatic rings. The van der Waals surface area contributed by atoms with E-state index in [2.05, 4.69) is 4.99 Å². The van der Waals surface area contributed by atoms with Gasteiger partial charge in [-0.1, -0.05) is 6.32 Å². The maximum absolute atomic E-state index is 5.11. The molecule has 9 heavy (non-hydrogen) atoms. The van der Waals surface area contributed by atoms with Gasteiger partial charge in [0, 0.05) is 14.3 Å². The Morgan fingerprint density at radius 3 is 2.67 bits per heavy atom. The smallest absolute Gasteiger partial charge is 0.185 e. The zero-order valence-electron chi connectivity index (χ0n) is 5.38. The fraction of sp³-hybridized carbons (Fsp3) is 0.750. The molecule has 0 atom stereocenters. The molecule has 0 aliphatic carbocycles. The Bertz CT molecular complexity index is 89.8. The molecule has 0 bridgehead atoms. The molecule has 0 unspecified atom stereocenters. The van der Waals surface area contributed by atoms with E-state index in [-0.39, 0.29) is 5.96 Å². The third-order valence-electron chi connectivity index (χ3n) is 0.823. The highest BCUT2D eigenvalue weighted by molar-refractivity contribution is 6.89. The van der Waals surface area contributed by atoms with Crippen molar-refractivity contribution >= 4 is 20.9 Å². The van der Waals surface area contributed by atoms with Crippen LogP contribution < -0.4 is 11.5 Å². The Labute approximate surface area is 57.5 Å². The monoisotopic (exact) mass is 122 g/mol. The molecule has 0 aliphatic heterocycles. The van der Waals surface area contributed by atoms with E-state index in [1.807, 2.05) is 0 Å². The molecule has 0 spiro atoms. The van der Waals surface area contributed by atoms with Gasteiger partial charge < -0.3 is 11.5 Å². The van der Waals surface area contributed by atoms with Crippen LogP contribution in [0.4, 0.5) is 0 Å². The maximum atomic E-state index is 5.11. The molecule has 3 nitrogen and oxygen atoms in total. The molecular formula is C4H10B2N3. The Morgan fingerprint density at radius 2 is 2.22 bits per heavy atom. The van der Waals surface area contributed by atoms with Gasteiger partial charge in [-0.15, -0.1) is 0 Å². The first kappa shape index (κ1) is 8.40. The fourth-order valence-electron chi connectivity index (χ4n) is 0.417. The predicted octanol–water partition coefficient (Wildman–Crippen LogP) is -1.14. The SMILES string of the molecule is [B][B]CCCN=C(N)N. The Morgan fingerprint density at radius 1 is 1.56 bits per heavy atom. The van der Waals surface area contributed by atoms with Crippen LogP contribution >= 0.6 is 0 Å². The lowest BCUT2D eigenvalue weighted by atomic mass is 9.53. The summed E-state index contributed by atoms with van der Waals surface area (Å²) >= 11 is 0. The molecule has 3 radical (unpaired) electrons. The molecule has 4 N–H and O–H groups in total. The summed E-state index contributed by atoms with van der Waals surface area (Å²) in [7, 11) is 6.71. The minimum atomic E-state index is 0.145. The van der Waals surface area contributed by atoms with Crippen molar-refractivity contribution in [2.45, 2.75) is 12.7 Å². The molecule has 0 fully saturated rings. The van der Waals surface area contributed by atoms with Crippen LogP contribution in [0.1, 0.15) is 6.42 Å². The van der Waals surface area contributed by atoms with E-state index in [1.54, 1.807) is 7.17 Å². The highest BCUT2D eigenvalue weighted by Gasteiger charge is 1.83. The van der Waals surface area contributed by atoms with Crippen molar-refractivity contribution in [1.82, 2.24) is 0 Å². The summed E-state index contributed by atoms with van der Waals surface area (Å²) in [6.45, 7) is 0.663. The Kier molecular flexibility index (Phi) is 5.17. The van der Waals surface area contributed by atoms with Gasteiger partial charge in [-0.25, -0.2) is 0 Å². The van der Waals surface area contributed by atoms with Crippen LogP contribution in [-0.4, -0.2) is 27.4 Å². The third-order valence-corrected chi connectivity index (χ3v) is 0.823. The molecule has 0 saturated carbocycles. The van der Waals surface area contributed by atoms with Crippen molar-refractivity contribution in [3.05, 3.63) is 0 Å². The first-order valence-electron chi connectivity index (χ1n) is 2.86. The number of aliphatic imine (C=N–C) groups is 1. The number of hydrogen-bond donors (Lipinski definition) is 2. The summed E-state index contributed by atoms with van der Waals surface area (Å²) in [6.07, 6.45) is 1.77. The molecule has 0 saturated heterocycles. The van der Waals surface area contributed by atoms with Crippen LogP contribution in [0.5, 0.6) is 0 Å². The number of rotatable bonds is 4. The lowest BCUT2D eigenvalue weighted by Crippen LogP contribution is -2.22. The lowest BCUT2D eigenvalue weighted by Gasteiger charge is -1.92. The molecule has 0 rings (SSSR count). The largest absolute Gasteiger partial charge is 0.370 e. The average molecular weight is 122 g/mol. The summed E-state index contributed by atoms with van der Waals surface area (Å²) in [5.41, 5.74) is 10.1. The van der Waals surface area contributed by atoms with Gasteiger partial charge in [0.15, 0.2) is 5.96 Å². The van der Waals surface area contributed by atoms with Gasteiger partial charge in [0.2, 0.25) is 0 Å². The van der Waals surface area contributed by atoms with E-state index < -0.39 is 0 Å². The van der Waals surface area contributed by atoms with Crippen LogP contribution in [0.3, 0.4) is 0 Å². The number of nitrogens with two attached hydrogens (primary N) is 2. The fourth-order valence-corrected chi connectivity index (χ4v) is 0.417. The zero-order valence-corrected chi connectivity index (χ0v) is 5.38. The van der Waals surface area contributed by atoms with Gasteiger partial charge in [0.25, 0.3) is 0 Å². The van der Waals surface area contributed by atoms with Crippen LogP contribution in [0.15, 0.2) is 4.99 Å². The van der Waals surface area contributed by atoms with Crippen LogP contribution in [0.25, 0.3) is 0 Å². The van der Waals surface area contributed by atoms with Gasteiger partial charge >= 0.3 is 0 Å². The first-order valence-corrected chi connectivity index (χ1v) is 2.86. The summed E-state index contributed by atoms with van der Waals surface area (Å²) in [5, 5.41) is 0. The van der Waals surface area contributed by atoms with Crippen molar-refractivity contribution in [2.24, 2.45) is 16.5 Å². The maximum Gasteiger partial charge on any atom is 0.185 e. The van der Waals surface area contributed by atoms with Gasteiger partial charge in [0.1, 0.15) is 0 Å². The van der Waals surface area contributed by atoms with E-state index in [9.17, 15) is 0 Å². The van der Waals surface area contributed by atoms with Gasteiger partial charge in [-0.3, -0.25) is 4.99 Å². The van der Waals surface area contributed by atoms with E-state index in [0.29, 0.717) is 6.54 Å². The van der Waals surface area contributed by atoms with Gasteiger partial charge in [0.05, 0.1) is 7.17 Å². The Balaban J connectivity index is 3.00. The highest BCUT2D eigenvalue weighted by atomic mass is 15.0. The van der Waals surface area contributed by atoms with Crippen LogP contribution in [-0.2, 0) is 0 Å². The molecule has 0 aromatic carbocycles. The lowest BCUT2D eigenvalue weighted by molar-refractivity contribution is 0.924. The number of nitrogens with zero attached hydrogens (tertiary/aromatic N) is 1. The second-order valence-corrected chi connectivity index (χ2v) is 1.68. The molecule has 0 aromatic heterocycles. The second-order valence-electron chi connectivity index (χ2n) is 1.68. The second kappa shape index (κ2) is 5.54. The van der Waals surface area contributed by atoms with Crippen molar-refractivity contribution in [2.75, 3.05) is 6.54 Å². The van der Waals surface area contributed by atoms with Gasteiger partial charge in [-0.2, -0.15) is 0 Å². The standard InChI is InChI=1S/C4H10B2N3/c5-6-2-1-3-9-4(7)8/h1-3H2,(H4,7,8,9). The van der Waals surface area contributed by atoms with Crippen molar-refractivity contribution < 1.29 is 0 Å². The van der Waals surface area contributed by atoms with Crippen LogP contribution in [0, 0.1) is 0 Å². The average Bonchev–Trinajstić information content (AvgIpc) is 1.80. The summed E-state index contributed by atoms with van der Waals surface area (Å²) in [4.78, 5) is 3.76. The van der Waals surface area contributed by atoms with Crippen molar-refractivity contribution in [3.63, 3.8) is 0 Å². The van der Waals surface area contributed by atoms with E-state index in [0.717, 1.165) is 12.7 Å². The van der Waals surface area contributed by atoms with E-state index in [1.165, 1.54) is 0 Å². The summed E-state index contributed by atoms with van der Waals surface area (Å²) in [6, 6.07) is 0. The molecular weight excluding hydrogens is 112 g/mol. The topological polar surface area (TPSA) is 64.4 Å². The normalized spacial score (nSPS) is 8.44. The van der Waals surface area contributed by atoms with E-state index >= 15 is 0 Å². The number of hydrogen-bond acceptors (Lipinski definition) is 1.